The summed E-state index contributed by atoms with van der Waals surface area (Å²) in [4.78, 5) is 0. The van der Waals surface area contributed by atoms with Crippen LogP contribution in [0.4, 0.5) is 10.2 Å². The first-order valence-corrected chi connectivity index (χ1v) is 11.7. The van der Waals surface area contributed by atoms with Gasteiger partial charge in [-0.2, -0.15) is 5.26 Å². The summed E-state index contributed by atoms with van der Waals surface area (Å²) in [6.07, 6.45) is 5.76. The van der Waals surface area contributed by atoms with Gasteiger partial charge in [0.25, 0.3) is 0 Å². The van der Waals surface area contributed by atoms with Crippen molar-refractivity contribution in [1.29, 1.82) is 5.26 Å². The molecule has 4 atom stereocenters. The molecule has 0 unspecified atom stereocenters. The van der Waals surface area contributed by atoms with Crippen LogP contribution in [0, 0.1) is 41.8 Å². The summed E-state index contributed by atoms with van der Waals surface area (Å²) in [7, 11) is 0. The van der Waals surface area contributed by atoms with E-state index in [2.05, 4.69) is 26.9 Å². The van der Waals surface area contributed by atoms with Gasteiger partial charge in [-0.15, -0.1) is 10.2 Å². The van der Waals surface area contributed by atoms with Gasteiger partial charge in [0.2, 0.25) is 0 Å². The van der Waals surface area contributed by atoms with E-state index in [9.17, 15) is 9.65 Å². The van der Waals surface area contributed by atoms with Gasteiger partial charge in [0.15, 0.2) is 5.82 Å². The molecule has 168 valence electrons. The predicted octanol–water partition coefficient (Wildman–Crippen LogP) is 4.06. The number of rotatable bonds is 5. The smallest absolute Gasteiger partial charge is 0.166 e. The molecule has 0 spiro atoms. The van der Waals surface area contributed by atoms with Gasteiger partial charge in [-0.3, -0.25) is 0 Å². The molecule has 7 heteroatoms. The van der Waals surface area contributed by atoms with Crippen LogP contribution in [0.5, 0.6) is 0 Å². The highest BCUT2D eigenvalue weighted by Crippen LogP contribution is 2.42. The van der Waals surface area contributed by atoms with Crippen LogP contribution in [0.25, 0.3) is 11.3 Å². The lowest BCUT2D eigenvalue weighted by Crippen LogP contribution is -2.33. The SMILES string of the molecule is Cc1ccc(F)cc1-c1cc(C#N)c(N[C@H]2C[C@@H]3CN[C@@H](CC4CCOCC4)[C@H]3C2)nn1. The van der Waals surface area contributed by atoms with Crippen molar-refractivity contribution in [2.24, 2.45) is 17.8 Å². The summed E-state index contributed by atoms with van der Waals surface area (Å²) in [5.41, 5.74) is 2.54. The summed E-state index contributed by atoms with van der Waals surface area (Å²) in [6.45, 7) is 4.77. The number of aryl methyl sites for hydroxylation is 1. The van der Waals surface area contributed by atoms with Gasteiger partial charge in [0.05, 0.1) is 11.3 Å². The first kappa shape index (κ1) is 21.3. The lowest BCUT2D eigenvalue weighted by molar-refractivity contribution is 0.0594. The van der Waals surface area contributed by atoms with Crippen LogP contribution < -0.4 is 10.6 Å². The van der Waals surface area contributed by atoms with Gasteiger partial charge in [0, 0.05) is 30.9 Å². The molecule has 0 bridgehead atoms. The Morgan fingerprint density at radius 2 is 2.06 bits per heavy atom. The molecular formula is C25H30FN5O. The zero-order chi connectivity index (χ0) is 22.1. The number of hydrogen-bond donors (Lipinski definition) is 2. The Morgan fingerprint density at radius 3 is 2.88 bits per heavy atom. The van der Waals surface area contributed by atoms with Crippen molar-refractivity contribution in [3.8, 4) is 17.3 Å². The minimum atomic E-state index is -0.325. The van der Waals surface area contributed by atoms with Crippen molar-refractivity contribution >= 4 is 5.82 Å². The number of anilines is 1. The molecule has 1 aromatic heterocycles. The number of halogens is 1. The maximum atomic E-state index is 13.7. The van der Waals surface area contributed by atoms with E-state index < -0.39 is 0 Å². The van der Waals surface area contributed by atoms with Crippen LogP contribution in [0.2, 0.25) is 0 Å². The predicted molar refractivity (Wildman–Crippen MR) is 120 cm³/mol. The van der Waals surface area contributed by atoms with Crippen molar-refractivity contribution in [3.63, 3.8) is 0 Å². The molecule has 0 amide bonds. The zero-order valence-corrected chi connectivity index (χ0v) is 18.5. The third-order valence-electron chi connectivity index (χ3n) is 7.57. The Balaban J connectivity index is 1.26. The summed E-state index contributed by atoms with van der Waals surface area (Å²) in [5.74, 6) is 2.31. The molecule has 5 rings (SSSR count). The number of nitrogens with zero attached hydrogens (tertiary/aromatic N) is 3. The Hall–Kier alpha value is -2.56. The minimum absolute atomic E-state index is 0.299. The number of nitriles is 1. The molecule has 1 aliphatic carbocycles. The highest BCUT2D eigenvalue weighted by Gasteiger charge is 2.44. The molecule has 2 aliphatic heterocycles. The molecule has 32 heavy (non-hydrogen) atoms. The van der Waals surface area contributed by atoms with Crippen molar-refractivity contribution in [2.75, 3.05) is 25.1 Å². The molecule has 2 N–H and O–H groups in total. The Morgan fingerprint density at radius 1 is 1.22 bits per heavy atom. The van der Waals surface area contributed by atoms with Gasteiger partial charge < -0.3 is 15.4 Å². The van der Waals surface area contributed by atoms with Crippen LogP contribution in [0.1, 0.15) is 43.2 Å². The Labute approximate surface area is 188 Å². The van der Waals surface area contributed by atoms with E-state index in [-0.39, 0.29) is 5.82 Å². The van der Waals surface area contributed by atoms with Gasteiger partial charge >= 0.3 is 0 Å². The fourth-order valence-electron chi connectivity index (χ4n) is 5.83. The standard InChI is InChI=1S/C25H30FN5O/c1-15-2-3-19(26)11-21(15)24-10-17(13-27)25(31-30-24)29-20-9-18-14-28-23(22(18)12-20)8-16-4-6-32-7-5-16/h2-3,10-11,16,18,20,22-23,28H,4-9,12,14H2,1H3,(H,29,31)/t18-,20+,22+,23+/m1/s1. The van der Waals surface area contributed by atoms with Gasteiger partial charge in [-0.05, 0) is 87.1 Å². The van der Waals surface area contributed by atoms with Crippen LogP contribution in [0.15, 0.2) is 24.3 Å². The molecule has 3 aliphatic rings. The molecule has 2 aromatic rings. The number of hydrogen-bond acceptors (Lipinski definition) is 6. The van der Waals surface area contributed by atoms with Crippen LogP contribution in [0.3, 0.4) is 0 Å². The molecule has 2 saturated heterocycles. The van der Waals surface area contributed by atoms with Crippen molar-refractivity contribution in [1.82, 2.24) is 15.5 Å². The van der Waals surface area contributed by atoms with E-state index in [1.165, 1.54) is 31.4 Å². The largest absolute Gasteiger partial charge is 0.381 e. The second-order valence-corrected chi connectivity index (χ2v) is 9.61. The van der Waals surface area contributed by atoms with Crippen LogP contribution in [-0.4, -0.2) is 42.0 Å². The summed E-state index contributed by atoms with van der Waals surface area (Å²) in [5, 5.41) is 25.6. The molecule has 1 saturated carbocycles. The zero-order valence-electron chi connectivity index (χ0n) is 18.5. The topological polar surface area (TPSA) is 82.9 Å². The van der Waals surface area contributed by atoms with Crippen molar-refractivity contribution in [2.45, 2.75) is 51.1 Å². The highest BCUT2D eigenvalue weighted by atomic mass is 19.1. The third-order valence-corrected chi connectivity index (χ3v) is 7.57. The van der Waals surface area contributed by atoms with E-state index in [4.69, 9.17) is 4.74 Å². The highest BCUT2D eigenvalue weighted by molar-refractivity contribution is 5.67. The number of aromatic nitrogens is 2. The van der Waals surface area contributed by atoms with Gasteiger partial charge in [-0.1, -0.05) is 6.07 Å². The molecule has 3 heterocycles. The average Bonchev–Trinajstić information content (AvgIpc) is 3.37. The minimum Gasteiger partial charge on any atom is -0.381 e. The maximum Gasteiger partial charge on any atom is 0.166 e. The Bertz CT molecular complexity index is 1020. The summed E-state index contributed by atoms with van der Waals surface area (Å²) < 4.78 is 19.2. The molecular weight excluding hydrogens is 405 g/mol. The molecule has 6 nitrogen and oxygen atoms in total. The number of benzene rings is 1. The van der Waals surface area contributed by atoms with Crippen LogP contribution in [-0.2, 0) is 4.74 Å². The van der Waals surface area contributed by atoms with E-state index >= 15 is 0 Å². The summed E-state index contributed by atoms with van der Waals surface area (Å²) >= 11 is 0. The monoisotopic (exact) mass is 435 g/mol. The fourth-order valence-corrected chi connectivity index (χ4v) is 5.83. The number of fused-ring (bicyclic) bond motifs is 1. The fraction of sp³-hybridized carbons (Fsp3) is 0.560. The third kappa shape index (κ3) is 4.35. The Kier molecular flexibility index (Phi) is 6.07. The number of ether oxygens (including phenoxy) is 1. The van der Waals surface area contributed by atoms with Gasteiger partial charge in [-0.25, -0.2) is 4.39 Å². The van der Waals surface area contributed by atoms with E-state index in [0.717, 1.165) is 44.1 Å². The first-order chi connectivity index (χ1) is 15.6. The maximum absolute atomic E-state index is 13.7. The molecule has 0 radical (unpaired) electrons. The lowest BCUT2D eigenvalue weighted by atomic mass is 9.85. The van der Waals surface area contributed by atoms with E-state index in [1.54, 1.807) is 12.1 Å². The second kappa shape index (κ2) is 9.13. The normalized spacial score (nSPS) is 27.8. The van der Waals surface area contributed by atoms with E-state index in [0.29, 0.717) is 46.6 Å². The first-order valence-electron chi connectivity index (χ1n) is 11.7. The van der Waals surface area contributed by atoms with Crippen molar-refractivity contribution in [3.05, 3.63) is 41.2 Å². The average molecular weight is 436 g/mol. The molecule has 3 fully saturated rings. The lowest BCUT2D eigenvalue weighted by Gasteiger charge is -2.27. The van der Waals surface area contributed by atoms with E-state index in [1.807, 2.05) is 6.92 Å². The van der Waals surface area contributed by atoms with Crippen LogP contribution >= 0.6 is 0 Å². The summed E-state index contributed by atoms with van der Waals surface area (Å²) in [6, 6.07) is 9.41. The molecule has 1 aromatic carbocycles. The quantitative estimate of drug-likeness (QED) is 0.737. The van der Waals surface area contributed by atoms with Crippen molar-refractivity contribution < 1.29 is 9.13 Å². The second-order valence-electron chi connectivity index (χ2n) is 9.61. The van der Waals surface area contributed by atoms with Gasteiger partial charge in [0.1, 0.15) is 11.9 Å². The number of nitrogens with one attached hydrogen (secondary N) is 2.